The van der Waals surface area contributed by atoms with Gasteiger partial charge in [0.15, 0.2) is 11.5 Å². The maximum absolute atomic E-state index is 12.1. The minimum absolute atomic E-state index is 0.283. The van der Waals surface area contributed by atoms with E-state index in [1.807, 2.05) is 32.9 Å². The predicted octanol–water partition coefficient (Wildman–Crippen LogP) is 1.21. The molecule has 9 nitrogen and oxygen atoms in total. The molecule has 0 N–H and O–H groups in total. The lowest BCUT2D eigenvalue weighted by molar-refractivity contribution is 0.0277. The van der Waals surface area contributed by atoms with Crippen LogP contribution in [0.15, 0.2) is 12.1 Å². The lowest BCUT2D eigenvalue weighted by Crippen LogP contribution is -2.37. The largest absolute Gasteiger partial charge is 0.444 e. The van der Waals surface area contributed by atoms with Crippen LogP contribution in [-0.2, 0) is 4.74 Å². The van der Waals surface area contributed by atoms with Crippen molar-refractivity contribution in [2.45, 2.75) is 32.8 Å². The topological polar surface area (TPSA) is 88.8 Å². The summed E-state index contributed by atoms with van der Waals surface area (Å²) in [5.74, 6) is 1.23. The normalized spacial score (nSPS) is 18.2. The van der Waals surface area contributed by atoms with E-state index in [0.29, 0.717) is 18.1 Å². The van der Waals surface area contributed by atoms with E-state index in [0.717, 1.165) is 25.3 Å². The molecule has 1 unspecified atom stereocenters. The van der Waals surface area contributed by atoms with Crippen LogP contribution in [0.2, 0.25) is 0 Å². The molecule has 1 saturated heterocycles. The van der Waals surface area contributed by atoms with Crippen LogP contribution in [0.5, 0.6) is 0 Å². The van der Waals surface area contributed by atoms with E-state index in [9.17, 15) is 4.79 Å². The zero-order valence-electron chi connectivity index (χ0n) is 14.5. The highest BCUT2D eigenvalue weighted by molar-refractivity contribution is 5.67. The molecule has 3 rings (SSSR count). The van der Waals surface area contributed by atoms with E-state index in [2.05, 4.69) is 25.5 Å². The number of fused-ring (bicyclic) bond motifs is 1. The number of nitrogens with zero attached hydrogens (tertiary/aromatic N) is 7. The van der Waals surface area contributed by atoms with Crippen LogP contribution in [0, 0.1) is 5.92 Å². The third kappa shape index (κ3) is 3.72. The fourth-order valence-corrected chi connectivity index (χ4v) is 2.80. The average molecular weight is 333 g/mol. The number of carbonyl (C=O) groups is 1. The number of aromatic nitrogens is 5. The second-order valence-corrected chi connectivity index (χ2v) is 7.18. The van der Waals surface area contributed by atoms with E-state index in [-0.39, 0.29) is 6.09 Å². The molecule has 1 atom stereocenters. The van der Waals surface area contributed by atoms with Crippen LogP contribution in [0.1, 0.15) is 27.2 Å². The van der Waals surface area contributed by atoms with Crippen LogP contribution >= 0.6 is 0 Å². The summed E-state index contributed by atoms with van der Waals surface area (Å²) in [4.78, 5) is 15.9. The monoisotopic (exact) mass is 333 g/mol. The molecule has 130 valence electrons. The highest BCUT2D eigenvalue weighted by Crippen LogP contribution is 2.23. The van der Waals surface area contributed by atoms with Crippen molar-refractivity contribution >= 4 is 17.6 Å². The molecule has 0 aromatic carbocycles. The highest BCUT2D eigenvalue weighted by atomic mass is 16.6. The Labute approximate surface area is 140 Å². The van der Waals surface area contributed by atoms with Gasteiger partial charge in [-0.05, 0) is 55.7 Å². The van der Waals surface area contributed by atoms with Crippen molar-refractivity contribution < 1.29 is 9.53 Å². The molecule has 0 saturated carbocycles. The number of tetrazole rings is 1. The predicted molar refractivity (Wildman–Crippen MR) is 87.8 cm³/mol. The lowest BCUT2D eigenvalue weighted by Gasteiger charge is -2.26. The second kappa shape index (κ2) is 6.21. The van der Waals surface area contributed by atoms with Crippen LogP contribution in [0.4, 0.5) is 10.6 Å². The van der Waals surface area contributed by atoms with E-state index in [1.54, 1.807) is 11.9 Å². The maximum Gasteiger partial charge on any atom is 0.410 e. The quantitative estimate of drug-likeness (QED) is 0.834. The number of rotatable bonds is 3. The Bertz CT molecular complexity index is 724. The van der Waals surface area contributed by atoms with Crippen molar-refractivity contribution in [2.24, 2.45) is 5.92 Å². The lowest BCUT2D eigenvalue weighted by atomic mass is 10.1. The van der Waals surface area contributed by atoms with E-state index >= 15 is 0 Å². The Morgan fingerprint density at radius 1 is 1.42 bits per heavy atom. The summed E-state index contributed by atoms with van der Waals surface area (Å²) in [5, 5.41) is 15.7. The molecule has 24 heavy (non-hydrogen) atoms. The van der Waals surface area contributed by atoms with Crippen LogP contribution < -0.4 is 4.90 Å². The summed E-state index contributed by atoms with van der Waals surface area (Å²) >= 11 is 0. The molecule has 1 aliphatic rings. The van der Waals surface area contributed by atoms with Gasteiger partial charge in [-0.1, -0.05) is 0 Å². The minimum atomic E-state index is -0.474. The fourth-order valence-electron chi connectivity index (χ4n) is 2.80. The molecule has 2 aromatic heterocycles. The zero-order chi connectivity index (χ0) is 17.3. The average Bonchev–Trinajstić information content (AvgIpc) is 3.13. The Morgan fingerprint density at radius 2 is 2.21 bits per heavy atom. The van der Waals surface area contributed by atoms with Crippen molar-refractivity contribution in [2.75, 3.05) is 31.6 Å². The third-order valence-corrected chi connectivity index (χ3v) is 3.90. The molecule has 0 bridgehead atoms. The first-order valence-electron chi connectivity index (χ1n) is 8.06. The smallest absolute Gasteiger partial charge is 0.410 e. The Hall–Kier alpha value is -2.45. The van der Waals surface area contributed by atoms with Crippen molar-refractivity contribution in [3.63, 3.8) is 0 Å². The zero-order valence-corrected chi connectivity index (χ0v) is 14.5. The summed E-state index contributed by atoms with van der Waals surface area (Å²) in [6, 6.07) is 3.77. The molecule has 0 radical (unpaired) electrons. The first-order valence-corrected chi connectivity index (χ1v) is 8.06. The number of hydrogen-bond acceptors (Lipinski definition) is 7. The van der Waals surface area contributed by atoms with Crippen molar-refractivity contribution in [1.29, 1.82) is 0 Å². The van der Waals surface area contributed by atoms with Gasteiger partial charge in [0.25, 0.3) is 0 Å². The number of amides is 1. The maximum atomic E-state index is 12.1. The summed E-state index contributed by atoms with van der Waals surface area (Å²) < 4.78 is 6.82. The number of carbonyl (C=O) groups excluding carboxylic acids is 1. The molecular weight excluding hydrogens is 310 g/mol. The standard InChI is InChI=1S/C15H23N7O2/c1-15(2,3)24-14(23)20(4)9-11-7-8-21(10-11)13-6-5-12-16-18-19-22(12)17-13/h5-6,11H,7-10H2,1-4H3. The molecule has 1 aliphatic heterocycles. The molecule has 3 heterocycles. The number of hydrogen-bond donors (Lipinski definition) is 0. The first-order chi connectivity index (χ1) is 11.3. The number of ether oxygens (including phenoxy) is 1. The van der Waals surface area contributed by atoms with Gasteiger partial charge in [-0.2, -0.15) is 0 Å². The van der Waals surface area contributed by atoms with Gasteiger partial charge in [-0.3, -0.25) is 0 Å². The first kappa shape index (κ1) is 16.4. The van der Waals surface area contributed by atoms with E-state index in [1.165, 1.54) is 4.63 Å². The van der Waals surface area contributed by atoms with Crippen molar-refractivity contribution in [1.82, 2.24) is 30.2 Å². The molecule has 1 fully saturated rings. The van der Waals surface area contributed by atoms with Crippen molar-refractivity contribution in [3.8, 4) is 0 Å². The highest BCUT2D eigenvalue weighted by Gasteiger charge is 2.28. The minimum Gasteiger partial charge on any atom is -0.444 e. The van der Waals surface area contributed by atoms with E-state index in [4.69, 9.17) is 4.74 Å². The van der Waals surface area contributed by atoms with Gasteiger partial charge in [-0.15, -0.1) is 14.8 Å². The van der Waals surface area contributed by atoms with Gasteiger partial charge in [0.05, 0.1) is 0 Å². The summed E-state index contributed by atoms with van der Waals surface area (Å²) in [5.41, 5.74) is 0.150. The molecule has 2 aromatic rings. The third-order valence-electron chi connectivity index (χ3n) is 3.90. The number of anilines is 1. The molecule has 1 amide bonds. The van der Waals surface area contributed by atoms with Crippen LogP contribution in [-0.4, -0.2) is 68.5 Å². The summed E-state index contributed by atoms with van der Waals surface area (Å²) in [6.07, 6.45) is 0.719. The van der Waals surface area contributed by atoms with Gasteiger partial charge in [0, 0.05) is 26.7 Å². The Balaban J connectivity index is 1.58. The van der Waals surface area contributed by atoms with Gasteiger partial charge >= 0.3 is 6.09 Å². The van der Waals surface area contributed by atoms with Gasteiger partial charge in [0.2, 0.25) is 0 Å². The van der Waals surface area contributed by atoms with E-state index < -0.39 is 5.60 Å². The molecule has 9 heteroatoms. The Morgan fingerprint density at radius 3 is 2.96 bits per heavy atom. The van der Waals surface area contributed by atoms with Crippen molar-refractivity contribution in [3.05, 3.63) is 12.1 Å². The molecular formula is C15H23N7O2. The molecule has 0 aliphatic carbocycles. The van der Waals surface area contributed by atoms with Crippen LogP contribution in [0.3, 0.4) is 0 Å². The Kier molecular flexibility index (Phi) is 4.25. The second-order valence-electron chi connectivity index (χ2n) is 7.18. The fraction of sp³-hybridized carbons (Fsp3) is 0.667. The van der Waals surface area contributed by atoms with Gasteiger partial charge in [-0.25, -0.2) is 4.79 Å². The summed E-state index contributed by atoms with van der Waals surface area (Å²) in [7, 11) is 1.78. The van der Waals surface area contributed by atoms with Gasteiger partial charge < -0.3 is 14.5 Å². The molecule has 0 spiro atoms. The van der Waals surface area contributed by atoms with Gasteiger partial charge in [0.1, 0.15) is 5.60 Å². The SMILES string of the molecule is CN(CC1CCN(c2ccc3nnnn3n2)C1)C(=O)OC(C)(C)C. The van der Waals surface area contributed by atoms with Crippen LogP contribution in [0.25, 0.3) is 5.65 Å². The summed E-state index contributed by atoms with van der Waals surface area (Å²) in [6.45, 7) is 8.02.